The molecule has 1 unspecified atom stereocenters. The Morgan fingerprint density at radius 3 is 2.67 bits per heavy atom. The van der Waals surface area contributed by atoms with Gasteiger partial charge in [0.15, 0.2) is 0 Å². The van der Waals surface area contributed by atoms with Crippen LogP contribution in [-0.4, -0.2) is 29.1 Å². The fourth-order valence-corrected chi connectivity index (χ4v) is 1.22. The molecule has 0 radical (unpaired) electrons. The zero-order chi connectivity index (χ0) is 11.4. The van der Waals surface area contributed by atoms with E-state index in [1.807, 2.05) is 11.9 Å². The molecule has 15 heavy (non-hydrogen) atoms. The number of rotatable bonds is 4. The van der Waals surface area contributed by atoms with Crippen LogP contribution >= 0.6 is 0 Å². The monoisotopic (exact) mass is 208 g/mol. The van der Waals surface area contributed by atoms with Crippen LogP contribution < -0.4 is 4.90 Å². The lowest BCUT2D eigenvalue weighted by Gasteiger charge is -2.24. The predicted molar refractivity (Wildman–Crippen MR) is 59.4 cm³/mol. The molecule has 1 heterocycles. The molecule has 1 aromatic rings. The van der Waals surface area contributed by atoms with Crippen molar-refractivity contribution in [2.75, 3.05) is 11.9 Å². The molecule has 1 atom stereocenters. The lowest BCUT2D eigenvalue weighted by molar-refractivity contribution is 0.0696. The average molecular weight is 208 g/mol. The van der Waals surface area contributed by atoms with E-state index in [2.05, 4.69) is 18.8 Å². The van der Waals surface area contributed by atoms with E-state index in [4.69, 9.17) is 5.11 Å². The molecule has 0 saturated heterocycles. The van der Waals surface area contributed by atoms with Crippen molar-refractivity contribution in [3.05, 3.63) is 23.9 Å². The van der Waals surface area contributed by atoms with Crippen molar-refractivity contribution < 1.29 is 9.90 Å². The molecule has 0 aliphatic rings. The minimum atomic E-state index is -0.944. The Morgan fingerprint density at radius 2 is 2.27 bits per heavy atom. The minimum Gasteiger partial charge on any atom is -0.478 e. The number of aromatic carboxylic acids is 1. The molecule has 4 heteroatoms. The number of carbonyl (C=O) groups is 1. The summed E-state index contributed by atoms with van der Waals surface area (Å²) in [6, 6.07) is 3.70. The van der Waals surface area contributed by atoms with Crippen LogP contribution in [-0.2, 0) is 0 Å². The van der Waals surface area contributed by atoms with Gasteiger partial charge in [-0.2, -0.15) is 0 Å². The summed E-state index contributed by atoms with van der Waals surface area (Å²) in [5.41, 5.74) is 0.219. The van der Waals surface area contributed by atoms with Gasteiger partial charge in [0.2, 0.25) is 0 Å². The highest BCUT2D eigenvalue weighted by atomic mass is 16.4. The van der Waals surface area contributed by atoms with Gasteiger partial charge >= 0.3 is 5.97 Å². The highest BCUT2D eigenvalue weighted by Gasteiger charge is 2.10. The van der Waals surface area contributed by atoms with Gasteiger partial charge in [0, 0.05) is 19.3 Å². The Morgan fingerprint density at radius 1 is 1.60 bits per heavy atom. The van der Waals surface area contributed by atoms with Crippen molar-refractivity contribution in [2.45, 2.75) is 26.3 Å². The molecule has 0 fully saturated rings. The van der Waals surface area contributed by atoms with E-state index in [9.17, 15) is 4.79 Å². The minimum absolute atomic E-state index is 0.219. The number of aromatic nitrogens is 1. The molecule has 0 amide bonds. The number of hydrogen-bond acceptors (Lipinski definition) is 3. The third-order valence-corrected chi connectivity index (χ3v) is 2.61. The molecule has 4 nitrogen and oxygen atoms in total. The van der Waals surface area contributed by atoms with Gasteiger partial charge in [0.05, 0.1) is 5.56 Å². The average Bonchev–Trinajstić information content (AvgIpc) is 2.27. The molecule has 0 aliphatic heterocycles. The van der Waals surface area contributed by atoms with Crippen molar-refractivity contribution in [1.29, 1.82) is 0 Å². The number of carboxylic acids is 1. The largest absolute Gasteiger partial charge is 0.478 e. The van der Waals surface area contributed by atoms with Crippen molar-refractivity contribution in [1.82, 2.24) is 4.98 Å². The summed E-state index contributed by atoms with van der Waals surface area (Å²) >= 11 is 0. The number of anilines is 1. The van der Waals surface area contributed by atoms with Crippen LogP contribution in [0.3, 0.4) is 0 Å². The normalized spacial score (nSPS) is 12.2. The lowest BCUT2D eigenvalue weighted by atomic mass is 10.2. The zero-order valence-corrected chi connectivity index (χ0v) is 9.27. The van der Waals surface area contributed by atoms with E-state index in [-0.39, 0.29) is 5.56 Å². The number of carboxylic acid groups (broad SMARTS) is 1. The Hall–Kier alpha value is -1.58. The van der Waals surface area contributed by atoms with E-state index < -0.39 is 5.97 Å². The zero-order valence-electron chi connectivity index (χ0n) is 9.27. The summed E-state index contributed by atoms with van der Waals surface area (Å²) < 4.78 is 0. The summed E-state index contributed by atoms with van der Waals surface area (Å²) in [7, 11) is 1.96. The molecule has 1 aromatic heterocycles. The van der Waals surface area contributed by atoms with Gasteiger partial charge in [-0.05, 0) is 25.5 Å². The molecule has 0 saturated carbocycles. The Kier molecular flexibility index (Phi) is 3.66. The van der Waals surface area contributed by atoms with Crippen molar-refractivity contribution >= 4 is 11.8 Å². The SMILES string of the molecule is CCC(C)N(C)c1ccc(C(=O)O)cn1. The second kappa shape index (κ2) is 4.77. The first kappa shape index (κ1) is 11.5. The van der Waals surface area contributed by atoms with Gasteiger partial charge in [-0.3, -0.25) is 0 Å². The van der Waals surface area contributed by atoms with Gasteiger partial charge in [-0.1, -0.05) is 6.92 Å². The fourth-order valence-electron chi connectivity index (χ4n) is 1.22. The summed E-state index contributed by atoms with van der Waals surface area (Å²) in [4.78, 5) is 16.8. The van der Waals surface area contributed by atoms with Crippen LogP contribution in [0, 0.1) is 0 Å². The van der Waals surface area contributed by atoms with Crippen LogP contribution in [0.4, 0.5) is 5.82 Å². The summed E-state index contributed by atoms with van der Waals surface area (Å²) in [5.74, 6) is -0.144. The molecule has 82 valence electrons. The van der Waals surface area contributed by atoms with Gasteiger partial charge in [0.25, 0.3) is 0 Å². The summed E-state index contributed by atoms with van der Waals surface area (Å²) in [6.07, 6.45) is 2.41. The van der Waals surface area contributed by atoms with Crippen molar-refractivity contribution in [2.24, 2.45) is 0 Å². The molecule has 0 aliphatic carbocycles. The molecular formula is C11H16N2O2. The first-order valence-corrected chi connectivity index (χ1v) is 4.98. The highest BCUT2D eigenvalue weighted by Crippen LogP contribution is 2.13. The van der Waals surface area contributed by atoms with Gasteiger partial charge in [-0.15, -0.1) is 0 Å². The topological polar surface area (TPSA) is 53.4 Å². The number of nitrogens with zero attached hydrogens (tertiary/aromatic N) is 2. The van der Waals surface area contributed by atoms with Gasteiger partial charge < -0.3 is 10.0 Å². The van der Waals surface area contributed by atoms with E-state index in [1.165, 1.54) is 6.20 Å². The lowest BCUT2D eigenvalue weighted by Crippen LogP contribution is -2.28. The molecule has 1 rings (SSSR count). The van der Waals surface area contributed by atoms with Crippen LogP contribution in [0.2, 0.25) is 0 Å². The quantitative estimate of drug-likeness (QED) is 0.822. The van der Waals surface area contributed by atoms with Crippen LogP contribution in [0.25, 0.3) is 0 Å². The third kappa shape index (κ3) is 2.68. The maximum atomic E-state index is 10.6. The fraction of sp³-hybridized carbons (Fsp3) is 0.455. The summed E-state index contributed by atoms with van der Waals surface area (Å²) in [6.45, 7) is 4.21. The smallest absolute Gasteiger partial charge is 0.337 e. The van der Waals surface area contributed by atoms with E-state index in [0.29, 0.717) is 6.04 Å². The predicted octanol–water partition coefficient (Wildman–Crippen LogP) is 2.01. The molecular weight excluding hydrogens is 192 g/mol. The molecule has 0 bridgehead atoms. The second-order valence-corrected chi connectivity index (χ2v) is 3.58. The van der Waals surface area contributed by atoms with Crippen LogP contribution in [0.15, 0.2) is 18.3 Å². The first-order valence-electron chi connectivity index (χ1n) is 4.98. The number of pyridine rings is 1. The maximum Gasteiger partial charge on any atom is 0.337 e. The van der Waals surface area contributed by atoms with Gasteiger partial charge in [0.1, 0.15) is 5.82 Å². The Bertz CT molecular complexity index is 335. The Labute approximate surface area is 89.6 Å². The molecule has 1 N–H and O–H groups in total. The van der Waals surface area contributed by atoms with Crippen molar-refractivity contribution in [3.63, 3.8) is 0 Å². The van der Waals surface area contributed by atoms with E-state index in [0.717, 1.165) is 12.2 Å². The summed E-state index contributed by atoms with van der Waals surface area (Å²) in [5, 5.41) is 8.72. The van der Waals surface area contributed by atoms with E-state index >= 15 is 0 Å². The molecule has 0 aromatic carbocycles. The first-order chi connectivity index (χ1) is 7.06. The van der Waals surface area contributed by atoms with Gasteiger partial charge in [-0.25, -0.2) is 9.78 Å². The highest BCUT2D eigenvalue weighted by molar-refractivity contribution is 5.87. The van der Waals surface area contributed by atoms with E-state index in [1.54, 1.807) is 12.1 Å². The third-order valence-electron chi connectivity index (χ3n) is 2.61. The number of hydrogen-bond donors (Lipinski definition) is 1. The Balaban J connectivity index is 2.84. The molecule has 0 spiro atoms. The standard InChI is InChI=1S/C11H16N2O2/c1-4-8(2)13(3)10-6-5-9(7-12-10)11(14)15/h5-8H,4H2,1-3H3,(H,14,15). The maximum absolute atomic E-state index is 10.6. The van der Waals surface area contributed by atoms with Crippen LogP contribution in [0.5, 0.6) is 0 Å². The second-order valence-electron chi connectivity index (χ2n) is 3.58. The van der Waals surface area contributed by atoms with Crippen LogP contribution in [0.1, 0.15) is 30.6 Å². The van der Waals surface area contributed by atoms with Crippen molar-refractivity contribution in [3.8, 4) is 0 Å².